The summed E-state index contributed by atoms with van der Waals surface area (Å²) >= 11 is 1.20. The molecule has 0 radical (unpaired) electrons. The Morgan fingerprint density at radius 3 is 2.47 bits per heavy atom. The number of carbonyl (C=O) groups excluding carboxylic acids is 2. The first-order chi connectivity index (χ1) is 15.6. The van der Waals surface area contributed by atoms with Gasteiger partial charge in [0.1, 0.15) is 11.5 Å². The smallest absolute Gasteiger partial charge is 0.316 e. The number of para-hydroxylation sites is 2. The molecular weight excluding hydrogens is 432 g/mol. The molecule has 0 bridgehead atoms. The lowest BCUT2D eigenvalue weighted by Crippen LogP contribution is -2.24. The SMILES string of the molecule is CCOC(=O)CSc1nnc(CNC(=O)c2ccc(OC)cc2)n1-c1ccccc1OC. The molecule has 9 nitrogen and oxygen atoms in total. The monoisotopic (exact) mass is 456 g/mol. The van der Waals surface area contributed by atoms with Crippen molar-refractivity contribution in [3.63, 3.8) is 0 Å². The van der Waals surface area contributed by atoms with Gasteiger partial charge in [0.25, 0.3) is 5.91 Å². The van der Waals surface area contributed by atoms with Crippen LogP contribution >= 0.6 is 11.8 Å². The van der Waals surface area contributed by atoms with Crippen LogP contribution in [0.5, 0.6) is 11.5 Å². The van der Waals surface area contributed by atoms with Crippen LogP contribution in [0.15, 0.2) is 53.7 Å². The Bertz CT molecular complexity index is 1070. The lowest BCUT2D eigenvalue weighted by atomic mass is 10.2. The van der Waals surface area contributed by atoms with Gasteiger partial charge in [0.05, 0.1) is 38.8 Å². The number of aromatic nitrogens is 3. The normalized spacial score (nSPS) is 10.5. The van der Waals surface area contributed by atoms with Gasteiger partial charge in [0.2, 0.25) is 0 Å². The van der Waals surface area contributed by atoms with Crippen LogP contribution in [0.3, 0.4) is 0 Å². The van der Waals surface area contributed by atoms with Crippen LogP contribution in [0.2, 0.25) is 0 Å². The lowest BCUT2D eigenvalue weighted by Gasteiger charge is -2.14. The molecule has 1 amide bonds. The van der Waals surface area contributed by atoms with Gasteiger partial charge in [-0.25, -0.2) is 0 Å². The highest BCUT2D eigenvalue weighted by molar-refractivity contribution is 7.99. The van der Waals surface area contributed by atoms with Crippen LogP contribution in [-0.2, 0) is 16.1 Å². The molecule has 32 heavy (non-hydrogen) atoms. The molecule has 0 fully saturated rings. The van der Waals surface area contributed by atoms with Gasteiger partial charge < -0.3 is 19.5 Å². The molecule has 0 aliphatic heterocycles. The lowest BCUT2D eigenvalue weighted by molar-refractivity contribution is -0.139. The second-order valence-electron chi connectivity index (χ2n) is 6.41. The summed E-state index contributed by atoms with van der Waals surface area (Å²) in [5.41, 5.74) is 1.19. The van der Waals surface area contributed by atoms with Crippen molar-refractivity contribution in [3.8, 4) is 17.2 Å². The van der Waals surface area contributed by atoms with E-state index in [4.69, 9.17) is 14.2 Å². The predicted molar refractivity (Wildman–Crippen MR) is 119 cm³/mol. The van der Waals surface area contributed by atoms with Crippen molar-refractivity contribution in [3.05, 3.63) is 59.9 Å². The maximum atomic E-state index is 12.6. The summed E-state index contributed by atoms with van der Waals surface area (Å²) < 4.78 is 17.4. The van der Waals surface area contributed by atoms with Crippen LogP contribution in [-0.4, -0.2) is 53.2 Å². The topological polar surface area (TPSA) is 105 Å². The molecule has 0 aliphatic rings. The molecule has 2 aromatic carbocycles. The zero-order chi connectivity index (χ0) is 22.9. The number of nitrogens with one attached hydrogen (secondary N) is 1. The van der Waals surface area contributed by atoms with E-state index in [0.29, 0.717) is 40.3 Å². The zero-order valence-corrected chi connectivity index (χ0v) is 18.8. The minimum Gasteiger partial charge on any atom is -0.497 e. The van der Waals surface area contributed by atoms with Gasteiger partial charge in [-0.3, -0.25) is 14.2 Å². The fourth-order valence-corrected chi connectivity index (χ4v) is 3.66. The van der Waals surface area contributed by atoms with E-state index in [1.165, 1.54) is 11.8 Å². The summed E-state index contributed by atoms with van der Waals surface area (Å²) in [7, 11) is 3.14. The Hall–Kier alpha value is -3.53. The molecule has 3 rings (SSSR count). The van der Waals surface area contributed by atoms with Crippen LogP contribution in [0.4, 0.5) is 0 Å². The minimum atomic E-state index is -0.346. The fraction of sp³-hybridized carbons (Fsp3) is 0.273. The first-order valence-corrected chi connectivity index (χ1v) is 10.8. The van der Waals surface area contributed by atoms with Crippen molar-refractivity contribution in [2.24, 2.45) is 0 Å². The largest absolute Gasteiger partial charge is 0.497 e. The Morgan fingerprint density at radius 2 is 1.78 bits per heavy atom. The Morgan fingerprint density at radius 1 is 1.03 bits per heavy atom. The van der Waals surface area contributed by atoms with E-state index in [2.05, 4.69) is 15.5 Å². The number of methoxy groups -OCH3 is 2. The summed E-state index contributed by atoms with van der Waals surface area (Å²) in [5, 5.41) is 11.8. The first kappa shape index (κ1) is 23.1. The van der Waals surface area contributed by atoms with Crippen LogP contribution in [0.25, 0.3) is 5.69 Å². The van der Waals surface area contributed by atoms with Gasteiger partial charge in [-0.15, -0.1) is 10.2 Å². The molecule has 1 aromatic heterocycles. The summed E-state index contributed by atoms with van der Waals surface area (Å²) in [4.78, 5) is 24.4. The summed E-state index contributed by atoms with van der Waals surface area (Å²) in [6.07, 6.45) is 0. The van der Waals surface area contributed by atoms with E-state index in [0.717, 1.165) is 0 Å². The quantitative estimate of drug-likeness (QED) is 0.367. The van der Waals surface area contributed by atoms with Crippen LogP contribution in [0.1, 0.15) is 23.1 Å². The second kappa shape index (κ2) is 11.2. The Labute approximate surface area is 190 Å². The summed E-state index contributed by atoms with van der Waals surface area (Å²) in [6.45, 7) is 2.18. The van der Waals surface area contributed by atoms with Crippen LogP contribution < -0.4 is 14.8 Å². The maximum absolute atomic E-state index is 12.6. The van der Waals surface area contributed by atoms with E-state index < -0.39 is 0 Å². The van der Waals surface area contributed by atoms with Gasteiger partial charge >= 0.3 is 5.97 Å². The van der Waals surface area contributed by atoms with E-state index in [-0.39, 0.29) is 24.2 Å². The van der Waals surface area contributed by atoms with E-state index in [1.807, 2.05) is 24.3 Å². The fourth-order valence-electron chi connectivity index (χ4n) is 2.89. The third-order valence-corrected chi connectivity index (χ3v) is 5.31. The number of rotatable bonds is 10. The molecular formula is C22H24N4O5S. The highest BCUT2D eigenvalue weighted by Crippen LogP contribution is 2.28. The molecule has 1 heterocycles. The van der Waals surface area contributed by atoms with Crippen molar-refractivity contribution in [1.82, 2.24) is 20.1 Å². The standard InChI is InChI=1S/C22H24N4O5S/c1-4-31-20(27)14-32-22-25-24-19(26(22)17-7-5-6-8-18(17)30-3)13-23-21(28)15-9-11-16(29-2)12-10-15/h5-12H,4,13-14H2,1-3H3,(H,23,28). The summed E-state index contributed by atoms with van der Waals surface area (Å²) in [6, 6.07) is 14.2. The van der Waals surface area contributed by atoms with Gasteiger partial charge in [0.15, 0.2) is 11.0 Å². The number of carbonyl (C=O) groups is 2. The highest BCUT2D eigenvalue weighted by atomic mass is 32.2. The molecule has 0 spiro atoms. The maximum Gasteiger partial charge on any atom is 0.316 e. The number of amides is 1. The molecule has 10 heteroatoms. The molecule has 0 atom stereocenters. The van der Waals surface area contributed by atoms with E-state index >= 15 is 0 Å². The average Bonchev–Trinajstić information content (AvgIpc) is 3.24. The number of thioether (sulfide) groups is 1. The van der Waals surface area contributed by atoms with E-state index in [9.17, 15) is 9.59 Å². The molecule has 3 aromatic rings. The van der Waals surface area contributed by atoms with Crippen molar-refractivity contribution in [1.29, 1.82) is 0 Å². The number of hydrogen-bond acceptors (Lipinski definition) is 8. The highest BCUT2D eigenvalue weighted by Gasteiger charge is 2.19. The number of ether oxygens (including phenoxy) is 3. The molecule has 1 N–H and O–H groups in total. The number of nitrogens with zero attached hydrogens (tertiary/aromatic N) is 3. The summed E-state index contributed by atoms with van der Waals surface area (Å²) in [5.74, 6) is 1.24. The number of esters is 1. The molecule has 0 aliphatic carbocycles. The average molecular weight is 457 g/mol. The van der Waals surface area contributed by atoms with Crippen molar-refractivity contribution in [2.75, 3.05) is 26.6 Å². The Balaban J connectivity index is 1.84. The van der Waals surface area contributed by atoms with Gasteiger partial charge in [-0.1, -0.05) is 23.9 Å². The molecule has 168 valence electrons. The van der Waals surface area contributed by atoms with Gasteiger partial charge in [0, 0.05) is 5.56 Å². The molecule has 0 saturated carbocycles. The van der Waals surface area contributed by atoms with Gasteiger partial charge in [-0.05, 0) is 43.3 Å². The minimum absolute atomic E-state index is 0.0827. The number of hydrogen-bond donors (Lipinski definition) is 1. The number of benzene rings is 2. The Kier molecular flexibility index (Phi) is 8.09. The van der Waals surface area contributed by atoms with Crippen LogP contribution in [0, 0.1) is 0 Å². The first-order valence-electron chi connectivity index (χ1n) is 9.85. The van der Waals surface area contributed by atoms with Crippen molar-refractivity contribution >= 4 is 23.6 Å². The van der Waals surface area contributed by atoms with Crippen molar-refractivity contribution in [2.45, 2.75) is 18.6 Å². The van der Waals surface area contributed by atoms with Crippen molar-refractivity contribution < 1.29 is 23.8 Å². The third-order valence-electron chi connectivity index (χ3n) is 4.41. The van der Waals surface area contributed by atoms with Gasteiger partial charge in [-0.2, -0.15) is 0 Å². The van der Waals surface area contributed by atoms with E-state index in [1.54, 1.807) is 50.0 Å². The molecule has 0 unspecified atom stereocenters. The zero-order valence-electron chi connectivity index (χ0n) is 18.0. The second-order valence-corrected chi connectivity index (χ2v) is 7.35. The predicted octanol–water partition coefficient (Wildman–Crippen LogP) is 2.87. The third kappa shape index (κ3) is 5.58. The molecule has 0 saturated heterocycles.